The zero-order chi connectivity index (χ0) is 18.7. The van der Waals surface area contributed by atoms with Gasteiger partial charge in [-0.05, 0) is 24.3 Å². The van der Waals surface area contributed by atoms with Crippen LogP contribution in [0.2, 0.25) is 0 Å². The van der Waals surface area contributed by atoms with E-state index >= 15 is 0 Å². The molecule has 7 nitrogen and oxygen atoms in total. The quantitative estimate of drug-likeness (QED) is 0.714. The second-order valence-corrected chi connectivity index (χ2v) is 7.19. The van der Waals surface area contributed by atoms with Gasteiger partial charge in [-0.25, -0.2) is 18.5 Å². The Morgan fingerprint density at radius 3 is 2.31 bits per heavy atom. The summed E-state index contributed by atoms with van der Waals surface area (Å²) in [6, 6.07) is 15.5. The van der Waals surface area contributed by atoms with Crippen LogP contribution < -0.4 is 10.5 Å². The molecule has 3 N–H and O–H groups in total. The Kier molecular flexibility index (Phi) is 4.88. The lowest BCUT2D eigenvalue weighted by Crippen LogP contribution is -2.18. The zero-order valence-corrected chi connectivity index (χ0v) is 14.8. The van der Waals surface area contributed by atoms with Crippen molar-refractivity contribution in [3.05, 3.63) is 60.5 Å². The predicted molar refractivity (Wildman–Crippen MR) is 96.3 cm³/mol. The zero-order valence-electron chi connectivity index (χ0n) is 14.0. The van der Waals surface area contributed by atoms with Crippen molar-refractivity contribution in [1.82, 2.24) is 10.3 Å². The average Bonchev–Trinajstić information content (AvgIpc) is 3.04. The summed E-state index contributed by atoms with van der Waals surface area (Å²) in [5, 5.41) is 7.78. The van der Waals surface area contributed by atoms with Crippen molar-refractivity contribution in [2.75, 3.05) is 0 Å². The predicted octanol–water partition coefficient (Wildman–Crippen LogP) is 2.29. The molecule has 8 heteroatoms. The third-order valence-corrected chi connectivity index (χ3v) is 4.58. The molecular weight excluding hydrogens is 354 g/mol. The minimum atomic E-state index is -3.77. The minimum absolute atomic E-state index is 0.0143. The number of nitrogens with zero attached hydrogens (tertiary/aromatic N) is 1. The molecule has 0 bridgehead atoms. The highest BCUT2D eigenvalue weighted by Crippen LogP contribution is 2.33. The van der Waals surface area contributed by atoms with Crippen molar-refractivity contribution >= 4 is 15.9 Å². The van der Waals surface area contributed by atoms with Gasteiger partial charge in [-0.3, -0.25) is 4.79 Å². The summed E-state index contributed by atoms with van der Waals surface area (Å²) in [5.74, 6) is 0.644. The first kappa shape index (κ1) is 17.8. The molecule has 0 aliphatic heterocycles. The molecule has 0 saturated carbocycles. The van der Waals surface area contributed by atoms with Crippen LogP contribution in [0.5, 0.6) is 0 Å². The lowest BCUT2D eigenvalue weighted by molar-refractivity contribution is -0.119. The van der Waals surface area contributed by atoms with Gasteiger partial charge in [0.1, 0.15) is 5.69 Å². The molecule has 2 aromatic carbocycles. The van der Waals surface area contributed by atoms with E-state index < -0.39 is 10.0 Å². The molecule has 1 heterocycles. The molecule has 3 aromatic rings. The number of carbonyl (C=O) groups is 1. The van der Waals surface area contributed by atoms with Gasteiger partial charge in [0.05, 0.1) is 11.4 Å². The van der Waals surface area contributed by atoms with Crippen molar-refractivity contribution in [3.63, 3.8) is 0 Å². The van der Waals surface area contributed by atoms with Crippen LogP contribution in [-0.2, 0) is 21.4 Å². The SMILES string of the molecule is CC(=O)NCc1nc(-c2ccccc2)c(-c2ccc(S(N)(=O)=O)cc2)o1. The normalized spacial score (nSPS) is 11.3. The van der Waals surface area contributed by atoms with E-state index in [2.05, 4.69) is 10.3 Å². The second-order valence-electron chi connectivity index (χ2n) is 5.63. The van der Waals surface area contributed by atoms with Crippen LogP contribution in [0.25, 0.3) is 22.6 Å². The van der Waals surface area contributed by atoms with Crippen LogP contribution >= 0.6 is 0 Å². The Morgan fingerprint density at radius 2 is 1.73 bits per heavy atom. The number of benzene rings is 2. The van der Waals surface area contributed by atoms with Gasteiger partial charge < -0.3 is 9.73 Å². The number of carbonyl (C=O) groups excluding carboxylic acids is 1. The Balaban J connectivity index is 2.05. The third-order valence-electron chi connectivity index (χ3n) is 3.65. The maximum atomic E-state index is 11.4. The van der Waals surface area contributed by atoms with Crippen LogP contribution in [0.15, 0.2) is 63.9 Å². The number of nitrogens with one attached hydrogen (secondary N) is 1. The summed E-state index contributed by atoms with van der Waals surface area (Å²) in [6.07, 6.45) is 0. The maximum absolute atomic E-state index is 11.4. The standard InChI is InChI=1S/C18H17N3O4S/c1-12(22)20-11-16-21-17(13-5-3-2-4-6-13)18(25-16)14-7-9-15(10-8-14)26(19,23)24/h2-10H,11H2,1H3,(H,20,22)(H2,19,23,24). The van der Waals surface area contributed by atoms with Gasteiger partial charge in [0.25, 0.3) is 0 Å². The smallest absolute Gasteiger partial charge is 0.238 e. The van der Waals surface area contributed by atoms with Gasteiger partial charge in [0, 0.05) is 18.1 Å². The van der Waals surface area contributed by atoms with Crippen LogP contribution in [0.1, 0.15) is 12.8 Å². The summed E-state index contributed by atoms with van der Waals surface area (Å²) >= 11 is 0. The molecule has 0 radical (unpaired) electrons. The Hall–Kier alpha value is -2.97. The van der Waals surface area contributed by atoms with E-state index in [9.17, 15) is 13.2 Å². The average molecular weight is 371 g/mol. The van der Waals surface area contributed by atoms with E-state index in [0.29, 0.717) is 22.9 Å². The first-order valence-corrected chi connectivity index (χ1v) is 9.32. The van der Waals surface area contributed by atoms with Crippen LogP contribution in [0.3, 0.4) is 0 Å². The molecule has 1 aromatic heterocycles. The summed E-state index contributed by atoms with van der Waals surface area (Å²) in [6.45, 7) is 1.57. The van der Waals surface area contributed by atoms with E-state index in [1.54, 1.807) is 12.1 Å². The summed E-state index contributed by atoms with van der Waals surface area (Å²) in [4.78, 5) is 15.6. The molecule has 0 aliphatic carbocycles. The highest BCUT2D eigenvalue weighted by molar-refractivity contribution is 7.89. The molecule has 134 valence electrons. The fourth-order valence-electron chi connectivity index (χ4n) is 2.42. The van der Waals surface area contributed by atoms with Gasteiger partial charge in [-0.2, -0.15) is 0 Å². The fraction of sp³-hybridized carbons (Fsp3) is 0.111. The van der Waals surface area contributed by atoms with Crippen molar-refractivity contribution in [1.29, 1.82) is 0 Å². The maximum Gasteiger partial charge on any atom is 0.238 e. The highest BCUT2D eigenvalue weighted by Gasteiger charge is 2.18. The number of amides is 1. The molecule has 0 spiro atoms. The number of primary sulfonamides is 1. The number of oxazole rings is 1. The van der Waals surface area contributed by atoms with Crippen molar-refractivity contribution in [3.8, 4) is 22.6 Å². The Labute approximate surface area is 150 Å². The van der Waals surface area contributed by atoms with Gasteiger partial charge in [-0.1, -0.05) is 30.3 Å². The Bertz CT molecular complexity index is 1030. The van der Waals surface area contributed by atoms with Crippen molar-refractivity contribution in [2.24, 2.45) is 5.14 Å². The molecule has 1 amide bonds. The molecular formula is C18H17N3O4S. The van der Waals surface area contributed by atoms with Crippen LogP contribution in [0, 0.1) is 0 Å². The third kappa shape index (κ3) is 3.98. The number of nitrogens with two attached hydrogens (primary N) is 1. The monoisotopic (exact) mass is 371 g/mol. The number of sulfonamides is 1. The molecule has 0 atom stereocenters. The molecule has 0 saturated heterocycles. The van der Waals surface area contributed by atoms with E-state index in [1.807, 2.05) is 30.3 Å². The van der Waals surface area contributed by atoms with Gasteiger partial charge in [0.2, 0.25) is 21.8 Å². The number of hydrogen-bond acceptors (Lipinski definition) is 5. The first-order valence-electron chi connectivity index (χ1n) is 7.77. The molecule has 0 fully saturated rings. The minimum Gasteiger partial charge on any atom is -0.438 e. The second kappa shape index (κ2) is 7.11. The van der Waals surface area contributed by atoms with Gasteiger partial charge >= 0.3 is 0 Å². The number of hydrogen-bond donors (Lipinski definition) is 2. The van der Waals surface area contributed by atoms with E-state index in [4.69, 9.17) is 9.56 Å². The summed E-state index contributed by atoms with van der Waals surface area (Å²) < 4.78 is 28.7. The number of aromatic nitrogens is 1. The fourth-order valence-corrected chi connectivity index (χ4v) is 2.94. The lowest BCUT2D eigenvalue weighted by Gasteiger charge is -2.03. The topological polar surface area (TPSA) is 115 Å². The lowest BCUT2D eigenvalue weighted by atomic mass is 10.1. The highest BCUT2D eigenvalue weighted by atomic mass is 32.2. The molecule has 3 rings (SSSR count). The summed E-state index contributed by atoms with van der Waals surface area (Å²) in [7, 11) is -3.77. The largest absolute Gasteiger partial charge is 0.438 e. The number of rotatable bonds is 5. The van der Waals surface area contributed by atoms with E-state index in [1.165, 1.54) is 19.1 Å². The summed E-state index contributed by atoms with van der Waals surface area (Å²) in [5.41, 5.74) is 2.10. The molecule has 26 heavy (non-hydrogen) atoms. The van der Waals surface area contributed by atoms with Crippen molar-refractivity contribution < 1.29 is 17.6 Å². The van der Waals surface area contributed by atoms with Crippen molar-refractivity contribution in [2.45, 2.75) is 18.4 Å². The van der Waals surface area contributed by atoms with Gasteiger partial charge in [-0.15, -0.1) is 0 Å². The van der Waals surface area contributed by atoms with Gasteiger partial charge in [0.15, 0.2) is 5.76 Å². The van der Waals surface area contributed by atoms with Crippen LogP contribution in [-0.4, -0.2) is 19.3 Å². The molecule has 0 aliphatic rings. The first-order chi connectivity index (χ1) is 12.3. The Morgan fingerprint density at radius 1 is 1.08 bits per heavy atom. The molecule has 0 unspecified atom stereocenters. The van der Waals surface area contributed by atoms with E-state index in [0.717, 1.165) is 5.56 Å². The van der Waals surface area contributed by atoms with Crippen LogP contribution in [0.4, 0.5) is 0 Å². The van der Waals surface area contributed by atoms with E-state index in [-0.39, 0.29) is 17.3 Å².